The van der Waals surface area contributed by atoms with E-state index in [-0.39, 0.29) is 19.1 Å². The predicted octanol–water partition coefficient (Wildman–Crippen LogP) is 1.70. The van der Waals surface area contributed by atoms with E-state index in [1.165, 1.54) is 0 Å². The third-order valence-electron chi connectivity index (χ3n) is 4.78. The molecule has 2 aliphatic rings. The summed E-state index contributed by atoms with van der Waals surface area (Å²) in [5, 5.41) is 9.78. The summed E-state index contributed by atoms with van der Waals surface area (Å²) in [4.78, 5) is 26.1. The number of benzene rings is 1. The number of ether oxygens (including phenoxy) is 2. The highest BCUT2D eigenvalue weighted by Gasteiger charge is 2.45. The number of halogens is 1. The van der Waals surface area contributed by atoms with E-state index in [4.69, 9.17) is 26.2 Å². The normalized spacial score (nSPS) is 23.7. The molecule has 0 aromatic heterocycles. The van der Waals surface area contributed by atoms with Gasteiger partial charge in [-0.3, -0.25) is 4.79 Å². The van der Waals surface area contributed by atoms with Crippen molar-refractivity contribution in [1.82, 2.24) is 4.90 Å². The molecule has 0 bridgehead atoms. The lowest BCUT2D eigenvalue weighted by molar-refractivity contribution is -0.162. The van der Waals surface area contributed by atoms with E-state index in [9.17, 15) is 9.59 Å². The zero-order valence-electron chi connectivity index (χ0n) is 13.2. The Kier molecular flexibility index (Phi) is 5.08. The molecule has 1 aromatic carbocycles. The van der Waals surface area contributed by atoms with E-state index in [0.29, 0.717) is 37.6 Å². The summed E-state index contributed by atoms with van der Waals surface area (Å²) in [6, 6.07) is 7.31. The van der Waals surface area contributed by atoms with Crippen LogP contribution >= 0.6 is 11.6 Å². The number of hydrogen-bond acceptors (Lipinski definition) is 4. The predicted molar refractivity (Wildman–Crippen MR) is 87.1 cm³/mol. The van der Waals surface area contributed by atoms with E-state index in [2.05, 4.69) is 0 Å². The van der Waals surface area contributed by atoms with Crippen molar-refractivity contribution in [2.75, 3.05) is 32.9 Å². The van der Waals surface area contributed by atoms with Crippen molar-refractivity contribution < 1.29 is 24.2 Å². The minimum atomic E-state index is -1.04. The average Bonchev–Trinajstić information content (AvgIpc) is 2.62. The second-order valence-electron chi connectivity index (χ2n) is 6.15. The minimum absolute atomic E-state index is 0.0531. The van der Waals surface area contributed by atoms with Crippen LogP contribution in [-0.2, 0) is 24.5 Å². The molecular formula is C17H20ClNO5. The Bertz CT molecular complexity index is 612. The topological polar surface area (TPSA) is 76.1 Å². The summed E-state index contributed by atoms with van der Waals surface area (Å²) < 4.78 is 10.7. The molecule has 7 heteroatoms. The maximum atomic E-state index is 13.3. The van der Waals surface area contributed by atoms with Gasteiger partial charge in [0.2, 0.25) is 5.91 Å². The molecule has 0 saturated carbocycles. The van der Waals surface area contributed by atoms with Crippen LogP contribution in [0, 0.1) is 0 Å². The molecule has 0 spiro atoms. The molecule has 130 valence electrons. The Morgan fingerprint density at radius 1 is 1.17 bits per heavy atom. The van der Waals surface area contributed by atoms with Crippen LogP contribution in [0.3, 0.4) is 0 Å². The molecule has 1 aromatic rings. The van der Waals surface area contributed by atoms with Gasteiger partial charge in [0, 0.05) is 24.8 Å². The van der Waals surface area contributed by atoms with Crippen molar-refractivity contribution in [3.8, 4) is 0 Å². The Hall–Kier alpha value is -1.63. The van der Waals surface area contributed by atoms with Gasteiger partial charge in [0.25, 0.3) is 0 Å². The van der Waals surface area contributed by atoms with Crippen LogP contribution in [-0.4, -0.2) is 60.9 Å². The molecule has 0 aliphatic carbocycles. The van der Waals surface area contributed by atoms with Gasteiger partial charge in [-0.05, 0) is 30.5 Å². The van der Waals surface area contributed by atoms with Crippen LogP contribution in [0.2, 0.25) is 5.02 Å². The van der Waals surface area contributed by atoms with E-state index < -0.39 is 17.5 Å². The third kappa shape index (κ3) is 3.27. The van der Waals surface area contributed by atoms with Crippen molar-refractivity contribution in [1.29, 1.82) is 0 Å². The molecule has 3 rings (SSSR count). The first kappa shape index (κ1) is 17.2. The molecule has 1 atom stereocenters. The maximum Gasteiger partial charge on any atom is 0.334 e. The molecule has 2 heterocycles. The monoisotopic (exact) mass is 353 g/mol. The first-order valence-corrected chi connectivity index (χ1v) is 8.38. The molecule has 6 nitrogen and oxygen atoms in total. The molecule has 0 unspecified atom stereocenters. The number of morpholine rings is 1. The van der Waals surface area contributed by atoms with Crippen molar-refractivity contribution in [3.05, 3.63) is 34.9 Å². The quantitative estimate of drug-likeness (QED) is 0.895. The zero-order valence-corrected chi connectivity index (χ0v) is 14.0. The molecule has 0 radical (unpaired) electrons. The lowest BCUT2D eigenvalue weighted by Crippen LogP contribution is -2.56. The first-order valence-electron chi connectivity index (χ1n) is 8.00. The molecule has 2 fully saturated rings. The van der Waals surface area contributed by atoms with E-state index in [1.54, 1.807) is 17.0 Å². The van der Waals surface area contributed by atoms with Gasteiger partial charge in [-0.25, -0.2) is 4.79 Å². The number of nitrogens with zero attached hydrogens (tertiary/aromatic N) is 1. The highest BCUT2D eigenvalue weighted by Crippen LogP contribution is 2.37. The Balaban J connectivity index is 1.89. The second-order valence-corrected chi connectivity index (χ2v) is 6.59. The van der Waals surface area contributed by atoms with Crippen LogP contribution in [0.25, 0.3) is 0 Å². The number of carboxylic acid groups (broad SMARTS) is 1. The van der Waals surface area contributed by atoms with Gasteiger partial charge in [0.05, 0.1) is 18.6 Å². The fourth-order valence-corrected chi connectivity index (χ4v) is 3.53. The standard InChI is InChI=1S/C17H20ClNO5/c18-13-3-1-12(2-4-13)17(5-8-23-9-6-17)16(22)19-7-10-24-14(11-19)15(20)21/h1-4,14H,5-11H2,(H,20,21)/t14-/m1/s1. The van der Waals surface area contributed by atoms with Crippen LogP contribution in [0.15, 0.2) is 24.3 Å². The van der Waals surface area contributed by atoms with Gasteiger partial charge in [0.1, 0.15) is 0 Å². The van der Waals surface area contributed by atoms with Gasteiger partial charge >= 0.3 is 5.97 Å². The summed E-state index contributed by atoms with van der Waals surface area (Å²) in [6.45, 7) is 1.71. The number of hydrogen-bond donors (Lipinski definition) is 1. The average molecular weight is 354 g/mol. The number of carbonyl (C=O) groups is 2. The lowest BCUT2D eigenvalue weighted by Gasteiger charge is -2.42. The smallest absolute Gasteiger partial charge is 0.334 e. The maximum absolute atomic E-state index is 13.3. The van der Waals surface area contributed by atoms with E-state index in [0.717, 1.165) is 5.56 Å². The zero-order chi connectivity index (χ0) is 17.2. The van der Waals surface area contributed by atoms with Crippen LogP contribution in [0.1, 0.15) is 18.4 Å². The molecule has 24 heavy (non-hydrogen) atoms. The van der Waals surface area contributed by atoms with Crippen molar-refractivity contribution >= 4 is 23.5 Å². The molecule has 2 saturated heterocycles. The Morgan fingerprint density at radius 3 is 2.46 bits per heavy atom. The first-order chi connectivity index (χ1) is 11.5. The van der Waals surface area contributed by atoms with E-state index >= 15 is 0 Å². The molecule has 2 aliphatic heterocycles. The van der Waals surface area contributed by atoms with E-state index in [1.807, 2.05) is 12.1 Å². The van der Waals surface area contributed by atoms with Gasteiger partial charge < -0.3 is 19.5 Å². The van der Waals surface area contributed by atoms with Crippen LogP contribution < -0.4 is 0 Å². The van der Waals surface area contributed by atoms with Crippen molar-refractivity contribution in [3.63, 3.8) is 0 Å². The largest absolute Gasteiger partial charge is 0.479 e. The fourth-order valence-electron chi connectivity index (χ4n) is 3.40. The Morgan fingerprint density at radius 2 is 1.83 bits per heavy atom. The fraction of sp³-hybridized carbons (Fsp3) is 0.529. The highest BCUT2D eigenvalue weighted by atomic mass is 35.5. The van der Waals surface area contributed by atoms with Gasteiger partial charge in [-0.1, -0.05) is 23.7 Å². The van der Waals surface area contributed by atoms with Gasteiger partial charge in [0.15, 0.2) is 6.10 Å². The van der Waals surface area contributed by atoms with Gasteiger partial charge in [-0.15, -0.1) is 0 Å². The lowest BCUT2D eigenvalue weighted by atomic mass is 9.73. The van der Waals surface area contributed by atoms with Gasteiger partial charge in [-0.2, -0.15) is 0 Å². The summed E-state index contributed by atoms with van der Waals surface area (Å²) in [7, 11) is 0. The molecule has 1 N–H and O–H groups in total. The molecular weight excluding hydrogens is 334 g/mol. The Labute approximate surface area is 145 Å². The van der Waals surface area contributed by atoms with Crippen molar-refractivity contribution in [2.45, 2.75) is 24.4 Å². The SMILES string of the molecule is O=C(O)[C@H]1CN(C(=O)C2(c3ccc(Cl)cc3)CCOCC2)CCO1. The summed E-state index contributed by atoms with van der Waals surface area (Å²) in [5.74, 6) is -1.09. The summed E-state index contributed by atoms with van der Waals surface area (Å²) in [5.41, 5.74) is 0.210. The molecule has 1 amide bonds. The van der Waals surface area contributed by atoms with Crippen LogP contribution in [0.4, 0.5) is 0 Å². The highest BCUT2D eigenvalue weighted by molar-refractivity contribution is 6.30. The number of carboxylic acids is 1. The number of amides is 1. The summed E-state index contributed by atoms with van der Waals surface area (Å²) >= 11 is 5.98. The summed E-state index contributed by atoms with van der Waals surface area (Å²) in [6.07, 6.45) is 0.176. The second kappa shape index (κ2) is 7.09. The minimum Gasteiger partial charge on any atom is -0.479 e. The van der Waals surface area contributed by atoms with Crippen molar-refractivity contribution in [2.24, 2.45) is 0 Å². The van der Waals surface area contributed by atoms with Crippen LogP contribution in [0.5, 0.6) is 0 Å². The number of aliphatic carboxylic acids is 1. The number of rotatable bonds is 3. The number of carbonyl (C=O) groups excluding carboxylic acids is 1. The third-order valence-corrected chi connectivity index (χ3v) is 5.03.